The fourth-order valence-electron chi connectivity index (χ4n) is 3.84. The van der Waals surface area contributed by atoms with Crippen molar-refractivity contribution in [3.63, 3.8) is 0 Å². The quantitative estimate of drug-likeness (QED) is 0.204. The van der Waals surface area contributed by atoms with E-state index < -0.39 is 17.8 Å². The van der Waals surface area contributed by atoms with Crippen molar-refractivity contribution in [2.24, 2.45) is 5.84 Å². The Morgan fingerprint density at radius 2 is 1.89 bits per heavy atom. The van der Waals surface area contributed by atoms with Crippen LogP contribution in [0.4, 0.5) is 23.7 Å². The van der Waals surface area contributed by atoms with Crippen LogP contribution in [-0.4, -0.2) is 11.0 Å². The summed E-state index contributed by atoms with van der Waals surface area (Å²) in [5, 5.41) is 2.62. The van der Waals surface area contributed by atoms with Crippen LogP contribution < -0.4 is 21.3 Å². The number of urea groups is 1. The molecule has 35 heavy (non-hydrogen) atoms. The molecule has 0 atom stereocenters. The van der Waals surface area contributed by atoms with Gasteiger partial charge in [-0.2, -0.15) is 13.2 Å². The van der Waals surface area contributed by atoms with Crippen molar-refractivity contribution in [2.75, 3.05) is 5.32 Å². The summed E-state index contributed by atoms with van der Waals surface area (Å²) in [5.74, 6) is 5.17. The summed E-state index contributed by atoms with van der Waals surface area (Å²) < 4.78 is 47.6. The summed E-state index contributed by atoms with van der Waals surface area (Å²) in [6.07, 6.45) is -1.98. The van der Waals surface area contributed by atoms with E-state index in [1.165, 1.54) is 6.07 Å². The number of nitrogens with two attached hydrogens (primary N) is 1. The molecule has 4 N–H and O–H groups in total. The van der Waals surface area contributed by atoms with E-state index in [1.807, 2.05) is 24.5 Å². The number of nitrogens with zero attached hydrogens (tertiary/aromatic N) is 1. The van der Waals surface area contributed by atoms with Gasteiger partial charge in [0.25, 0.3) is 0 Å². The van der Waals surface area contributed by atoms with E-state index in [9.17, 15) is 18.0 Å². The standard InChI is InChI=1S/C25H25F3N4O2.CH4/c1-2-17-5-3-7-21(30-17)16-11-12-23(20(13-16)25(26,27)28)34-14-19-18(15-9-10-15)6-4-8-22(19)31-24(33)32-29;/h3-8,11-13,15H,2,9-10,14,29H2,1H3,(H2,31,32,33);1H4. The zero-order chi connectivity index (χ0) is 24.3. The number of hydrogen-bond acceptors (Lipinski definition) is 4. The molecule has 1 heterocycles. The molecule has 1 saturated carbocycles. The number of alkyl halides is 3. The van der Waals surface area contributed by atoms with Crippen LogP contribution in [0.1, 0.15) is 55.5 Å². The van der Waals surface area contributed by atoms with Gasteiger partial charge in [-0.3, -0.25) is 10.4 Å². The van der Waals surface area contributed by atoms with Crippen molar-refractivity contribution in [1.82, 2.24) is 10.4 Å². The molecule has 3 aromatic rings. The molecule has 0 aliphatic heterocycles. The van der Waals surface area contributed by atoms with Gasteiger partial charge < -0.3 is 10.1 Å². The van der Waals surface area contributed by atoms with Crippen LogP contribution >= 0.6 is 0 Å². The zero-order valence-electron chi connectivity index (χ0n) is 18.6. The molecule has 0 spiro atoms. The number of aromatic nitrogens is 1. The van der Waals surface area contributed by atoms with Crippen molar-refractivity contribution < 1.29 is 22.7 Å². The Kier molecular flexibility index (Phi) is 8.01. The first-order chi connectivity index (χ1) is 16.3. The second-order valence-electron chi connectivity index (χ2n) is 8.11. The molecule has 0 saturated heterocycles. The number of amides is 2. The average molecular weight is 487 g/mol. The molecule has 0 radical (unpaired) electrons. The normalized spacial score (nSPS) is 13.1. The number of rotatable bonds is 7. The van der Waals surface area contributed by atoms with Gasteiger partial charge in [0.1, 0.15) is 12.4 Å². The molecule has 4 rings (SSSR count). The smallest absolute Gasteiger partial charge is 0.419 e. The molecule has 1 aliphatic carbocycles. The van der Waals surface area contributed by atoms with E-state index in [2.05, 4.69) is 10.3 Å². The monoisotopic (exact) mass is 486 g/mol. The lowest BCUT2D eigenvalue weighted by atomic mass is 10.0. The molecule has 186 valence electrons. The number of hydrazine groups is 1. The Bertz CT molecular complexity index is 1190. The number of benzene rings is 2. The highest BCUT2D eigenvalue weighted by molar-refractivity contribution is 5.90. The molecule has 1 aliphatic rings. The van der Waals surface area contributed by atoms with Crippen molar-refractivity contribution in [2.45, 2.75) is 52.3 Å². The first-order valence-corrected chi connectivity index (χ1v) is 11.0. The van der Waals surface area contributed by atoms with Gasteiger partial charge in [0, 0.05) is 22.5 Å². The van der Waals surface area contributed by atoms with E-state index >= 15 is 0 Å². The maximum atomic E-state index is 14.0. The Balaban J connectivity index is 0.00000342. The fourth-order valence-corrected chi connectivity index (χ4v) is 3.84. The Labute approximate surface area is 202 Å². The van der Waals surface area contributed by atoms with E-state index in [4.69, 9.17) is 10.6 Å². The van der Waals surface area contributed by atoms with Crippen LogP contribution in [0.2, 0.25) is 0 Å². The third-order valence-corrected chi connectivity index (χ3v) is 5.73. The number of hydrogen-bond donors (Lipinski definition) is 3. The summed E-state index contributed by atoms with van der Waals surface area (Å²) in [5.41, 5.74) is 4.75. The lowest BCUT2D eigenvalue weighted by molar-refractivity contribution is -0.139. The van der Waals surface area contributed by atoms with Crippen LogP contribution in [0.3, 0.4) is 0 Å². The molecule has 2 amide bonds. The molecule has 1 fully saturated rings. The van der Waals surface area contributed by atoms with E-state index in [0.717, 1.165) is 30.2 Å². The van der Waals surface area contributed by atoms with Crippen molar-refractivity contribution >= 4 is 11.7 Å². The van der Waals surface area contributed by atoms with Gasteiger partial charge in [-0.15, -0.1) is 0 Å². The second kappa shape index (κ2) is 10.8. The van der Waals surface area contributed by atoms with Crippen LogP contribution in [0.5, 0.6) is 5.75 Å². The van der Waals surface area contributed by atoms with Gasteiger partial charge in [-0.25, -0.2) is 10.6 Å². The topological polar surface area (TPSA) is 89.3 Å². The van der Waals surface area contributed by atoms with Crippen LogP contribution in [0.15, 0.2) is 54.6 Å². The van der Waals surface area contributed by atoms with Gasteiger partial charge >= 0.3 is 12.2 Å². The Morgan fingerprint density at radius 3 is 2.54 bits per heavy atom. The molecule has 1 aromatic heterocycles. The molecule has 2 aromatic carbocycles. The van der Waals surface area contributed by atoms with E-state index in [-0.39, 0.29) is 19.8 Å². The lowest BCUT2D eigenvalue weighted by Gasteiger charge is -2.19. The first kappa shape index (κ1) is 26.0. The summed E-state index contributed by atoms with van der Waals surface area (Å²) in [6, 6.07) is 14.0. The number of carbonyl (C=O) groups excluding carboxylic acids is 1. The largest absolute Gasteiger partial charge is 0.488 e. The van der Waals surface area contributed by atoms with Gasteiger partial charge in [-0.05, 0) is 67.1 Å². The van der Waals surface area contributed by atoms with Crippen LogP contribution in [0.25, 0.3) is 11.3 Å². The van der Waals surface area contributed by atoms with Crippen molar-refractivity contribution in [3.05, 3.63) is 77.0 Å². The molecular weight excluding hydrogens is 457 g/mol. The molecule has 0 unspecified atom stereocenters. The van der Waals surface area contributed by atoms with Crippen LogP contribution in [0, 0.1) is 0 Å². The fraction of sp³-hybridized carbons (Fsp3) is 0.308. The van der Waals surface area contributed by atoms with E-state index in [0.29, 0.717) is 34.8 Å². The maximum Gasteiger partial charge on any atom is 0.419 e. The van der Waals surface area contributed by atoms with Crippen molar-refractivity contribution in [1.29, 1.82) is 0 Å². The summed E-state index contributed by atoms with van der Waals surface area (Å²) in [7, 11) is 0. The Hall–Kier alpha value is -3.59. The highest BCUT2D eigenvalue weighted by Crippen LogP contribution is 2.44. The lowest BCUT2D eigenvalue weighted by Crippen LogP contribution is -2.34. The van der Waals surface area contributed by atoms with Gasteiger partial charge in [0.2, 0.25) is 0 Å². The predicted molar refractivity (Wildman–Crippen MR) is 130 cm³/mol. The van der Waals surface area contributed by atoms with Gasteiger partial charge in [0.05, 0.1) is 11.3 Å². The minimum Gasteiger partial charge on any atom is -0.488 e. The first-order valence-electron chi connectivity index (χ1n) is 11.0. The molecular formula is C26H29F3N4O2. The van der Waals surface area contributed by atoms with Crippen molar-refractivity contribution in [3.8, 4) is 17.0 Å². The zero-order valence-corrected chi connectivity index (χ0v) is 18.6. The number of pyridine rings is 1. The minimum atomic E-state index is -4.62. The predicted octanol–water partition coefficient (Wildman–Crippen LogP) is 6.42. The number of halogens is 3. The Morgan fingerprint density at radius 1 is 1.14 bits per heavy atom. The van der Waals surface area contributed by atoms with E-state index in [1.54, 1.807) is 30.3 Å². The number of anilines is 1. The molecule has 6 nitrogen and oxygen atoms in total. The molecule has 0 bridgehead atoms. The maximum absolute atomic E-state index is 14.0. The average Bonchev–Trinajstić information content (AvgIpc) is 3.68. The molecule has 9 heteroatoms. The number of nitrogens with one attached hydrogen (secondary N) is 2. The summed E-state index contributed by atoms with van der Waals surface area (Å²) in [4.78, 5) is 16.2. The van der Waals surface area contributed by atoms with Gasteiger partial charge in [-0.1, -0.05) is 32.5 Å². The highest BCUT2D eigenvalue weighted by Gasteiger charge is 2.35. The van der Waals surface area contributed by atoms with Gasteiger partial charge in [0.15, 0.2) is 0 Å². The SMILES string of the molecule is C.CCc1cccc(-c2ccc(OCc3c(NC(=O)NN)cccc3C3CC3)c(C(F)(F)F)c2)n1. The van der Waals surface area contributed by atoms with Crippen LogP contribution in [-0.2, 0) is 19.2 Å². The number of carbonyl (C=O) groups is 1. The minimum absolute atomic E-state index is 0. The number of ether oxygens (including phenoxy) is 1. The third kappa shape index (κ3) is 6.10. The summed E-state index contributed by atoms with van der Waals surface area (Å²) in [6.45, 7) is 1.79. The third-order valence-electron chi connectivity index (χ3n) is 5.73. The number of aryl methyl sites for hydroxylation is 1. The summed E-state index contributed by atoms with van der Waals surface area (Å²) >= 11 is 0. The second-order valence-corrected chi connectivity index (χ2v) is 8.11. The highest BCUT2D eigenvalue weighted by atomic mass is 19.4.